The molecule has 0 aromatic heterocycles. The van der Waals surface area contributed by atoms with Gasteiger partial charge in [0.05, 0.1) is 19.6 Å². The van der Waals surface area contributed by atoms with Gasteiger partial charge in [0.1, 0.15) is 11.8 Å². The van der Waals surface area contributed by atoms with Crippen LogP contribution in [0, 0.1) is 0 Å². The fourth-order valence-corrected chi connectivity index (χ4v) is 4.04. The molecule has 3 aromatic rings. The molecule has 0 aliphatic heterocycles. The van der Waals surface area contributed by atoms with Gasteiger partial charge in [0.2, 0.25) is 11.8 Å². The van der Waals surface area contributed by atoms with Gasteiger partial charge < -0.3 is 15.4 Å². The Hall–Kier alpha value is -3.25. The third-order valence-corrected chi connectivity index (χ3v) is 6.13. The minimum atomic E-state index is -0.681. The zero-order valence-electron chi connectivity index (χ0n) is 19.2. The molecule has 2 N–H and O–H groups in total. The third-order valence-electron chi connectivity index (χ3n) is 5.41. The molecule has 0 saturated heterocycles. The van der Waals surface area contributed by atoms with Crippen LogP contribution in [0.3, 0.4) is 0 Å². The van der Waals surface area contributed by atoms with Crippen LogP contribution in [-0.4, -0.2) is 31.2 Å². The lowest BCUT2D eigenvalue weighted by Gasteiger charge is -2.22. The maximum atomic E-state index is 13.2. The summed E-state index contributed by atoms with van der Waals surface area (Å²) in [6.45, 7) is 1.94. The highest BCUT2D eigenvalue weighted by atomic mass is 32.2. The van der Waals surface area contributed by atoms with Gasteiger partial charge in [0.25, 0.3) is 0 Å². The van der Waals surface area contributed by atoms with E-state index in [1.807, 2.05) is 86.0 Å². The summed E-state index contributed by atoms with van der Waals surface area (Å²) in [5.41, 5.74) is 2.87. The van der Waals surface area contributed by atoms with Gasteiger partial charge in [-0.1, -0.05) is 54.6 Å². The molecule has 0 unspecified atom stereocenters. The Bertz CT molecular complexity index is 1050. The van der Waals surface area contributed by atoms with E-state index in [1.54, 1.807) is 18.9 Å². The molecule has 0 radical (unpaired) electrons. The van der Waals surface area contributed by atoms with Crippen molar-refractivity contribution in [1.82, 2.24) is 10.6 Å². The molecule has 0 saturated carbocycles. The van der Waals surface area contributed by atoms with Gasteiger partial charge in [-0.2, -0.15) is 0 Å². The van der Waals surface area contributed by atoms with Crippen LogP contribution in [0.15, 0.2) is 83.8 Å². The van der Waals surface area contributed by atoms with Crippen LogP contribution in [0.2, 0.25) is 0 Å². The highest BCUT2D eigenvalue weighted by Crippen LogP contribution is 2.18. The smallest absolute Gasteiger partial charge is 0.243 e. The molecule has 0 bridgehead atoms. The second-order valence-electron chi connectivity index (χ2n) is 7.84. The van der Waals surface area contributed by atoms with Crippen LogP contribution >= 0.6 is 11.8 Å². The maximum absolute atomic E-state index is 13.2. The topological polar surface area (TPSA) is 67.4 Å². The molecule has 6 heteroatoms. The molecule has 0 fully saturated rings. The number of ether oxygens (including phenoxy) is 1. The van der Waals surface area contributed by atoms with Crippen LogP contribution < -0.4 is 15.4 Å². The predicted octanol–water partition coefficient (Wildman–Crippen LogP) is 4.56. The first-order valence-corrected chi connectivity index (χ1v) is 12.1. The average molecular weight is 463 g/mol. The van der Waals surface area contributed by atoms with E-state index in [0.29, 0.717) is 6.42 Å². The third kappa shape index (κ3) is 7.39. The molecule has 0 spiro atoms. The van der Waals surface area contributed by atoms with Gasteiger partial charge in [-0.25, -0.2) is 0 Å². The number of nitrogens with one attached hydrogen (secondary N) is 2. The molecular formula is C27H30N2O3S. The summed E-state index contributed by atoms with van der Waals surface area (Å²) in [5.74, 6) is 0.331. The van der Waals surface area contributed by atoms with Crippen molar-refractivity contribution in [2.75, 3.05) is 13.4 Å². The Morgan fingerprint density at radius 1 is 0.909 bits per heavy atom. The van der Waals surface area contributed by atoms with Gasteiger partial charge in [0, 0.05) is 11.3 Å². The molecule has 0 heterocycles. The van der Waals surface area contributed by atoms with Crippen LogP contribution in [0.4, 0.5) is 0 Å². The molecular weight excluding hydrogens is 432 g/mol. The first kappa shape index (κ1) is 24.4. The number of amides is 2. The van der Waals surface area contributed by atoms with Gasteiger partial charge in [-0.05, 0) is 54.1 Å². The molecule has 172 valence electrons. The van der Waals surface area contributed by atoms with E-state index in [9.17, 15) is 9.59 Å². The van der Waals surface area contributed by atoms with Crippen molar-refractivity contribution in [2.45, 2.75) is 36.7 Å². The fourth-order valence-electron chi connectivity index (χ4n) is 3.56. The summed E-state index contributed by atoms with van der Waals surface area (Å²) in [6.07, 6.45) is 2.62. The Labute approximate surface area is 199 Å². The van der Waals surface area contributed by atoms with Crippen molar-refractivity contribution in [3.63, 3.8) is 0 Å². The monoisotopic (exact) mass is 462 g/mol. The number of hydrogen-bond acceptors (Lipinski definition) is 4. The number of benzene rings is 3. The van der Waals surface area contributed by atoms with E-state index in [2.05, 4.69) is 16.7 Å². The molecule has 33 heavy (non-hydrogen) atoms. The molecule has 3 aromatic carbocycles. The molecule has 2 amide bonds. The molecule has 5 nitrogen and oxygen atoms in total. The van der Waals surface area contributed by atoms with Crippen molar-refractivity contribution in [3.05, 3.63) is 95.6 Å². The molecule has 0 aliphatic rings. The highest BCUT2D eigenvalue weighted by molar-refractivity contribution is 7.98. The van der Waals surface area contributed by atoms with E-state index < -0.39 is 6.04 Å². The standard InChI is InChI=1S/C27H30N2O3S/c1-19(22-9-5-4-6-10-22)28-27(31)25(17-21-8-7-11-24(16-21)33-3)29-26(30)18-20-12-14-23(32-2)15-13-20/h4-16,19,25H,17-18H2,1-3H3,(H,28,31)(H,29,30)/t19-,25+/m1/s1. The molecule has 2 atom stereocenters. The summed E-state index contributed by atoms with van der Waals surface area (Å²) in [7, 11) is 1.60. The summed E-state index contributed by atoms with van der Waals surface area (Å²) >= 11 is 1.65. The zero-order chi connectivity index (χ0) is 23.6. The summed E-state index contributed by atoms with van der Waals surface area (Å²) in [6, 6.07) is 24.3. The van der Waals surface area contributed by atoms with E-state index in [1.165, 1.54) is 0 Å². The number of methoxy groups -OCH3 is 1. The quantitative estimate of drug-likeness (QED) is 0.433. The normalized spacial score (nSPS) is 12.5. The van der Waals surface area contributed by atoms with Crippen molar-refractivity contribution < 1.29 is 14.3 Å². The Kier molecular flexibility index (Phi) is 8.95. The lowest BCUT2D eigenvalue weighted by Crippen LogP contribution is -2.49. The number of carbonyl (C=O) groups is 2. The number of thioether (sulfide) groups is 1. The number of hydrogen-bond donors (Lipinski definition) is 2. The van der Waals surface area contributed by atoms with Crippen LogP contribution in [0.25, 0.3) is 0 Å². The summed E-state index contributed by atoms with van der Waals surface area (Å²) in [5, 5.41) is 6.00. The Balaban J connectivity index is 1.73. The van der Waals surface area contributed by atoms with Crippen LogP contribution in [0.1, 0.15) is 29.7 Å². The molecule has 0 aliphatic carbocycles. The second kappa shape index (κ2) is 12.1. The van der Waals surface area contributed by atoms with E-state index >= 15 is 0 Å². The predicted molar refractivity (Wildman–Crippen MR) is 134 cm³/mol. The lowest BCUT2D eigenvalue weighted by atomic mass is 10.0. The van der Waals surface area contributed by atoms with E-state index in [4.69, 9.17) is 4.74 Å². The first-order chi connectivity index (χ1) is 16.0. The van der Waals surface area contributed by atoms with Crippen molar-refractivity contribution in [3.8, 4) is 5.75 Å². The largest absolute Gasteiger partial charge is 0.497 e. The SMILES string of the molecule is COc1ccc(CC(=O)N[C@@H](Cc2cccc(SC)c2)C(=O)N[C@H](C)c2ccccc2)cc1. The fraction of sp³-hybridized carbons (Fsp3) is 0.259. The minimum absolute atomic E-state index is 0.169. The van der Waals surface area contributed by atoms with Gasteiger partial charge in [-0.15, -0.1) is 11.8 Å². The number of rotatable bonds is 10. The first-order valence-electron chi connectivity index (χ1n) is 10.9. The minimum Gasteiger partial charge on any atom is -0.497 e. The highest BCUT2D eigenvalue weighted by Gasteiger charge is 2.23. The average Bonchev–Trinajstić information content (AvgIpc) is 2.84. The Morgan fingerprint density at radius 3 is 2.30 bits per heavy atom. The van der Waals surface area contributed by atoms with E-state index in [0.717, 1.165) is 27.3 Å². The van der Waals surface area contributed by atoms with Crippen molar-refractivity contribution in [1.29, 1.82) is 0 Å². The zero-order valence-corrected chi connectivity index (χ0v) is 20.0. The maximum Gasteiger partial charge on any atom is 0.243 e. The number of carbonyl (C=O) groups excluding carboxylic acids is 2. The van der Waals surface area contributed by atoms with Crippen molar-refractivity contribution >= 4 is 23.6 Å². The van der Waals surface area contributed by atoms with Gasteiger partial charge in [0.15, 0.2) is 0 Å². The van der Waals surface area contributed by atoms with E-state index in [-0.39, 0.29) is 24.3 Å². The lowest BCUT2D eigenvalue weighted by molar-refractivity contribution is -0.129. The van der Waals surface area contributed by atoms with Crippen molar-refractivity contribution in [2.24, 2.45) is 0 Å². The van der Waals surface area contributed by atoms with Crippen LogP contribution in [0.5, 0.6) is 5.75 Å². The van der Waals surface area contributed by atoms with Gasteiger partial charge >= 0.3 is 0 Å². The summed E-state index contributed by atoms with van der Waals surface area (Å²) < 4.78 is 5.17. The summed E-state index contributed by atoms with van der Waals surface area (Å²) in [4.78, 5) is 27.2. The van der Waals surface area contributed by atoms with Gasteiger partial charge in [-0.3, -0.25) is 9.59 Å². The van der Waals surface area contributed by atoms with Crippen LogP contribution in [-0.2, 0) is 22.4 Å². The molecule has 3 rings (SSSR count). The second-order valence-corrected chi connectivity index (χ2v) is 8.72. The Morgan fingerprint density at radius 2 is 1.64 bits per heavy atom.